The second-order valence-corrected chi connectivity index (χ2v) is 7.39. The lowest BCUT2D eigenvalue weighted by atomic mass is 10.1. The molecule has 2 heterocycles. The first kappa shape index (κ1) is 23.8. The third kappa shape index (κ3) is 5.68. The minimum absolute atomic E-state index is 0.0296. The lowest BCUT2D eigenvalue weighted by Crippen LogP contribution is -2.58. The molecule has 2 aromatic rings. The lowest BCUT2D eigenvalue weighted by Gasteiger charge is -2.40. The number of aromatic nitrogens is 1. The highest BCUT2D eigenvalue weighted by Gasteiger charge is 2.34. The smallest absolute Gasteiger partial charge is 0.410 e. The number of hydrogen-bond donors (Lipinski definition) is 2. The van der Waals surface area contributed by atoms with Crippen molar-refractivity contribution in [1.29, 1.82) is 0 Å². The highest BCUT2D eigenvalue weighted by molar-refractivity contribution is 5.98. The average Bonchev–Trinajstić information content (AvgIpc) is 2.81. The Balaban J connectivity index is 1.64. The van der Waals surface area contributed by atoms with Crippen LogP contribution in [0, 0.1) is 0 Å². The van der Waals surface area contributed by atoms with Crippen molar-refractivity contribution >= 4 is 34.8 Å². The Hall–Kier alpha value is -3.89. The molecule has 2 N–H and O–H groups in total. The lowest BCUT2D eigenvalue weighted by molar-refractivity contribution is -0.141. The van der Waals surface area contributed by atoms with Crippen LogP contribution in [-0.4, -0.2) is 89.7 Å². The van der Waals surface area contributed by atoms with Gasteiger partial charge < -0.3 is 29.7 Å². The maximum Gasteiger partial charge on any atom is 0.410 e. The molecule has 0 saturated carbocycles. The topological polar surface area (TPSA) is 138 Å². The fourth-order valence-electron chi connectivity index (χ4n) is 3.69. The number of piperazine rings is 1. The zero-order valence-corrected chi connectivity index (χ0v) is 18.4. The van der Waals surface area contributed by atoms with E-state index < -0.39 is 29.9 Å². The summed E-state index contributed by atoms with van der Waals surface area (Å²) in [6, 6.07) is 8.00. The van der Waals surface area contributed by atoms with Gasteiger partial charge in [-0.25, -0.2) is 9.78 Å². The quantitative estimate of drug-likeness (QED) is 0.629. The van der Waals surface area contributed by atoms with Gasteiger partial charge in [0.1, 0.15) is 11.4 Å². The molecule has 1 saturated heterocycles. The first-order valence-electron chi connectivity index (χ1n) is 10.5. The maximum atomic E-state index is 12.7. The molecule has 1 fully saturated rings. The average molecular weight is 458 g/mol. The number of fused-ring (bicyclic) bond motifs is 1. The Morgan fingerprint density at radius 2 is 1.97 bits per heavy atom. The first-order chi connectivity index (χ1) is 15.8. The summed E-state index contributed by atoms with van der Waals surface area (Å²) in [5.41, 5.74) is 0.689. The number of ether oxygens (including phenoxy) is 2. The third-order valence-electron chi connectivity index (χ3n) is 5.28. The summed E-state index contributed by atoms with van der Waals surface area (Å²) in [7, 11) is 1.50. The van der Waals surface area contributed by atoms with Crippen LogP contribution in [0.25, 0.3) is 10.9 Å². The molecule has 0 spiro atoms. The van der Waals surface area contributed by atoms with E-state index in [4.69, 9.17) is 9.47 Å². The number of carboxylic acid groups (broad SMARTS) is 1. The molecule has 0 aliphatic carbocycles. The molecule has 33 heavy (non-hydrogen) atoms. The normalized spacial score (nSPS) is 15.8. The molecule has 1 atom stereocenters. The van der Waals surface area contributed by atoms with E-state index in [1.807, 2.05) is 12.1 Å². The number of methoxy groups -OCH3 is 1. The predicted molar refractivity (Wildman–Crippen MR) is 117 cm³/mol. The zero-order chi connectivity index (χ0) is 24.0. The van der Waals surface area contributed by atoms with Crippen molar-refractivity contribution < 1.29 is 33.8 Å². The van der Waals surface area contributed by atoms with E-state index in [2.05, 4.69) is 10.3 Å². The summed E-state index contributed by atoms with van der Waals surface area (Å²) in [6.45, 7) is 1.90. The number of hydrogen-bond acceptors (Lipinski definition) is 7. The number of amides is 3. The van der Waals surface area contributed by atoms with Crippen LogP contribution in [0.2, 0.25) is 0 Å². The van der Waals surface area contributed by atoms with E-state index in [0.29, 0.717) is 11.3 Å². The number of aliphatic carboxylic acids is 1. The molecule has 1 aromatic heterocycles. The molecule has 1 aliphatic rings. The molecular formula is C22H26N4O7. The molecule has 1 aliphatic heterocycles. The number of nitrogens with one attached hydrogen (secondary N) is 1. The maximum absolute atomic E-state index is 12.7. The minimum atomic E-state index is -1.09. The van der Waals surface area contributed by atoms with Gasteiger partial charge in [0.05, 0.1) is 38.2 Å². The van der Waals surface area contributed by atoms with E-state index in [-0.39, 0.29) is 44.9 Å². The number of carbonyl (C=O) groups is 4. The van der Waals surface area contributed by atoms with Gasteiger partial charge in [-0.15, -0.1) is 0 Å². The SMILES string of the molecule is CCOC(=O)N1CCN(C(=O)CNC(=O)c2cc(OC)c3ccccc3n2)CC1CC(=O)O. The van der Waals surface area contributed by atoms with Crippen LogP contribution in [-0.2, 0) is 14.3 Å². The largest absolute Gasteiger partial charge is 0.496 e. The summed E-state index contributed by atoms with van der Waals surface area (Å²) in [5.74, 6) is -1.54. The van der Waals surface area contributed by atoms with Gasteiger partial charge in [-0.05, 0) is 19.1 Å². The molecular weight excluding hydrogens is 432 g/mol. The fourth-order valence-corrected chi connectivity index (χ4v) is 3.69. The molecule has 3 amide bonds. The number of para-hydroxylation sites is 1. The zero-order valence-electron chi connectivity index (χ0n) is 18.4. The van der Waals surface area contributed by atoms with Crippen LogP contribution >= 0.6 is 0 Å². The summed E-state index contributed by atoms with van der Waals surface area (Å²) in [4.78, 5) is 55.7. The van der Waals surface area contributed by atoms with Crippen LogP contribution in [0.3, 0.4) is 0 Å². The number of carboxylic acids is 1. The van der Waals surface area contributed by atoms with Gasteiger partial charge in [0.25, 0.3) is 5.91 Å². The summed E-state index contributed by atoms with van der Waals surface area (Å²) >= 11 is 0. The van der Waals surface area contributed by atoms with Crippen molar-refractivity contribution in [3.8, 4) is 5.75 Å². The second kappa shape index (κ2) is 10.6. The van der Waals surface area contributed by atoms with Crippen molar-refractivity contribution in [2.24, 2.45) is 0 Å². The molecule has 11 nitrogen and oxygen atoms in total. The van der Waals surface area contributed by atoms with Crippen molar-refractivity contribution in [2.75, 3.05) is 39.9 Å². The number of rotatable bonds is 7. The Morgan fingerprint density at radius 3 is 2.67 bits per heavy atom. The van der Waals surface area contributed by atoms with Gasteiger partial charge >= 0.3 is 12.1 Å². The van der Waals surface area contributed by atoms with E-state index in [9.17, 15) is 24.3 Å². The molecule has 11 heteroatoms. The fraction of sp³-hybridized carbons (Fsp3) is 0.409. The van der Waals surface area contributed by atoms with Crippen LogP contribution in [0.4, 0.5) is 4.79 Å². The Labute approximate surface area is 190 Å². The second-order valence-electron chi connectivity index (χ2n) is 7.39. The number of carbonyl (C=O) groups excluding carboxylic acids is 3. The number of benzene rings is 1. The van der Waals surface area contributed by atoms with Crippen LogP contribution in [0.5, 0.6) is 5.75 Å². The summed E-state index contributed by atoms with van der Waals surface area (Å²) in [6.07, 6.45) is -0.934. The van der Waals surface area contributed by atoms with Gasteiger partial charge in [0.2, 0.25) is 5.91 Å². The van der Waals surface area contributed by atoms with Crippen LogP contribution in [0.15, 0.2) is 30.3 Å². The van der Waals surface area contributed by atoms with Crippen molar-refractivity contribution in [3.05, 3.63) is 36.0 Å². The number of pyridine rings is 1. The minimum Gasteiger partial charge on any atom is -0.496 e. The van der Waals surface area contributed by atoms with E-state index in [1.165, 1.54) is 23.0 Å². The van der Waals surface area contributed by atoms with Crippen molar-refractivity contribution in [1.82, 2.24) is 20.1 Å². The Kier molecular flexibility index (Phi) is 7.65. The van der Waals surface area contributed by atoms with Crippen LogP contribution < -0.4 is 10.1 Å². The standard InChI is InChI=1S/C22H26N4O7/c1-3-33-22(31)26-9-8-25(13-14(26)10-20(28)29)19(27)12-23-21(30)17-11-18(32-2)15-6-4-5-7-16(15)24-17/h4-7,11,14H,3,8-10,12-13H2,1-2H3,(H,23,30)(H,28,29). The third-order valence-corrected chi connectivity index (χ3v) is 5.28. The van der Waals surface area contributed by atoms with E-state index in [1.54, 1.807) is 19.1 Å². The van der Waals surface area contributed by atoms with E-state index in [0.717, 1.165) is 5.39 Å². The Morgan fingerprint density at radius 1 is 1.21 bits per heavy atom. The van der Waals surface area contributed by atoms with Crippen molar-refractivity contribution in [3.63, 3.8) is 0 Å². The molecule has 1 unspecified atom stereocenters. The van der Waals surface area contributed by atoms with Gasteiger partial charge in [-0.1, -0.05) is 12.1 Å². The van der Waals surface area contributed by atoms with E-state index >= 15 is 0 Å². The van der Waals surface area contributed by atoms with Crippen LogP contribution in [0.1, 0.15) is 23.8 Å². The number of nitrogens with zero attached hydrogens (tertiary/aromatic N) is 3. The molecule has 3 rings (SSSR count). The molecule has 0 radical (unpaired) electrons. The highest BCUT2D eigenvalue weighted by Crippen LogP contribution is 2.25. The predicted octanol–water partition coefficient (Wildman–Crippen LogP) is 1.12. The molecule has 176 valence electrons. The van der Waals surface area contributed by atoms with Gasteiger partial charge in [0.15, 0.2) is 0 Å². The summed E-state index contributed by atoms with van der Waals surface area (Å²) < 4.78 is 10.3. The molecule has 0 bridgehead atoms. The Bertz CT molecular complexity index is 1060. The van der Waals surface area contributed by atoms with Gasteiger partial charge in [-0.3, -0.25) is 14.4 Å². The first-order valence-corrected chi connectivity index (χ1v) is 10.5. The van der Waals surface area contributed by atoms with Gasteiger partial charge in [-0.2, -0.15) is 0 Å². The monoisotopic (exact) mass is 458 g/mol. The summed E-state index contributed by atoms with van der Waals surface area (Å²) in [5, 5.41) is 12.5. The highest BCUT2D eigenvalue weighted by atomic mass is 16.6. The van der Waals surface area contributed by atoms with Crippen molar-refractivity contribution in [2.45, 2.75) is 19.4 Å². The molecule has 1 aromatic carbocycles. The van der Waals surface area contributed by atoms with Gasteiger partial charge in [0, 0.05) is 31.1 Å².